The van der Waals surface area contributed by atoms with Gasteiger partial charge in [-0.25, -0.2) is 0 Å². The van der Waals surface area contributed by atoms with E-state index in [0.29, 0.717) is 12.5 Å². The topological polar surface area (TPSA) is 45.0 Å². The van der Waals surface area contributed by atoms with E-state index < -0.39 is 6.61 Å². The number of nitrogens with zero attached hydrogens (tertiary/aromatic N) is 1. The van der Waals surface area contributed by atoms with E-state index in [4.69, 9.17) is 5.26 Å². The predicted octanol–water partition coefficient (Wildman–Crippen LogP) is 2.91. The second-order valence-corrected chi connectivity index (χ2v) is 4.35. The minimum Gasteiger partial charge on any atom is -0.433 e. The maximum atomic E-state index is 12.1. The highest BCUT2D eigenvalue weighted by Crippen LogP contribution is 2.21. The highest BCUT2D eigenvalue weighted by atomic mass is 19.3. The highest BCUT2D eigenvalue weighted by Gasteiger charge is 2.10. The number of hydrogen-bond acceptors (Lipinski definition) is 3. The second-order valence-electron chi connectivity index (χ2n) is 4.35. The first-order valence-electron chi connectivity index (χ1n) is 5.71. The summed E-state index contributed by atoms with van der Waals surface area (Å²) in [6.45, 7) is 2.72. The number of rotatable bonds is 6. The van der Waals surface area contributed by atoms with Crippen LogP contribution in [-0.4, -0.2) is 13.2 Å². The molecule has 1 rings (SSSR count). The number of alkyl halides is 2. The minimum absolute atomic E-state index is 0.0832. The lowest BCUT2D eigenvalue weighted by Gasteiger charge is -2.10. The summed E-state index contributed by atoms with van der Waals surface area (Å²) in [6.07, 6.45) is 0. The fourth-order valence-corrected chi connectivity index (χ4v) is 1.48. The molecule has 0 atom stereocenters. The van der Waals surface area contributed by atoms with Crippen LogP contribution in [0, 0.1) is 17.2 Å². The van der Waals surface area contributed by atoms with E-state index in [0.717, 1.165) is 12.1 Å². The molecule has 0 heterocycles. The molecule has 0 saturated heterocycles. The molecule has 0 spiro atoms. The lowest BCUT2D eigenvalue weighted by Crippen LogP contribution is -2.19. The number of nitrogens with one attached hydrogen (secondary N) is 1. The SMILES string of the molecule is CC(C)CNCc1ccc(OC(F)F)c(C#N)c1. The van der Waals surface area contributed by atoms with E-state index in [1.807, 2.05) is 6.07 Å². The maximum absolute atomic E-state index is 12.1. The molecule has 1 aromatic rings. The van der Waals surface area contributed by atoms with Crippen LogP contribution in [0.3, 0.4) is 0 Å². The van der Waals surface area contributed by atoms with Gasteiger partial charge in [-0.05, 0) is 30.2 Å². The molecule has 0 aliphatic heterocycles. The van der Waals surface area contributed by atoms with Gasteiger partial charge in [-0.15, -0.1) is 0 Å². The van der Waals surface area contributed by atoms with Gasteiger partial charge in [0.1, 0.15) is 11.8 Å². The van der Waals surface area contributed by atoms with Crippen molar-refractivity contribution in [2.24, 2.45) is 5.92 Å². The average Bonchev–Trinajstić information content (AvgIpc) is 2.29. The van der Waals surface area contributed by atoms with Crippen molar-refractivity contribution in [3.05, 3.63) is 29.3 Å². The molecule has 1 aromatic carbocycles. The van der Waals surface area contributed by atoms with Crippen LogP contribution in [0.1, 0.15) is 25.0 Å². The van der Waals surface area contributed by atoms with Crippen LogP contribution in [0.2, 0.25) is 0 Å². The number of hydrogen-bond donors (Lipinski definition) is 1. The fraction of sp³-hybridized carbons (Fsp3) is 0.462. The third-order valence-electron chi connectivity index (χ3n) is 2.26. The molecule has 3 nitrogen and oxygen atoms in total. The van der Waals surface area contributed by atoms with Crippen molar-refractivity contribution in [1.29, 1.82) is 5.26 Å². The molecular weight excluding hydrogens is 238 g/mol. The molecule has 0 amide bonds. The zero-order valence-corrected chi connectivity index (χ0v) is 10.4. The summed E-state index contributed by atoms with van der Waals surface area (Å²) in [5.41, 5.74) is 0.993. The molecule has 0 aliphatic rings. The van der Waals surface area contributed by atoms with Gasteiger partial charge in [-0.2, -0.15) is 14.0 Å². The Labute approximate surface area is 105 Å². The first-order chi connectivity index (χ1) is 8.52. The highest BCUT2D eigenvalue weighted by molar-refractivity contribution is 5.45. The third-order valence-corrected chi connectivity index (χ3v) is 2.26. The Hall–Kier alpha value is -1.67. The fourth-order valence-electron chi connectivity index (χ4n) is 1.48. The molecular formula is C13H16F2N2O. The summed E-state index contributed by atoms with van der Waals surface area (Å²) < 4.78 is 28.4. The Morgan fingerprint density at radius 1 is 1.39 bits per heavy atom. The molecule has 98 valence electrons. The van der Waals surface area contributed by atoms with Gasteiger partial charge in [0.05, 0.1) is 5.56 Å². The zero-order chi connectivity index (χ0) is 13.5. The van der Waals surface area contributed by atoms with Gasteiger partial charge in [-0.1, -0.05) is 19.9 Å². The summed E-state index contributed by atoms with van der Waals surface area (Å²) in [7, 11) is 0. The van der Waals surface area contributed by atoms with Gasteiger partial charge >= 0.3 is 6.61 Å². The van der Waals surface area contributed by atoms with E-state index in [-0.39, 0.29) is 11.3 Å². The Balaban J connectivity index is 2.70. The Morgan fingerprint density at radius 3 is 2.67 bits per heavy atom. The molecule has 0 aliphatic carbocycles. The Bertz CT molecular complexity index is 427. The van der Waals surface area contributed by atoms with E-state index in [2.05, 4.69) is 23.9 Å². The standard InChI is InChI=1S/C13H16F2N2O/c1-9(2)7-17-8-10-3-4-12(18-13(14)15)11(5-10)6-16/h3-5,9,13,17H,7-8H2,1-2H3. The summed E-state index contributed by atoms with van der Waals surface area (Å²) in [6, 6.07) is 6.49. The van der Waals surface area contributed by atoms with Crippen molar-refractivity contribution >= 4 is 0 Å². The van der Waals surface area contributed by atoms with Crippen molar-refractivity contribution in [2.45, 2.75) is 27.0 Å². The minimum atomic E-state index is -2.91. The maximum Gasteiger partial charge on any atom is 0.387 e. The largest absolute Gasteiger partial charge is 0.433 e. The Kier molecular flexibility index (Phi) is 5.53. The quantitative estimate of drug-likeness (QED) is 0.849. The average molecular weight is 254 g/mol. The zero-order valence-electron chi connectivity index (χ0n) is 10.4. The molecule has 0 fully saturated rings. The Morgan fingerprint density at radius 2 is 2.11 bits per heavy atom. The van der Waals surface area contributed by atoms with Crippen LogP contribution in [0.5, 0.6) is 5.75 Å². The molecule has 0 saturated carbocycles. The predicted molar refractivity (Wildman–Crippen MR) is 64.3 cm³/mol. The number of nitriles is 1. The van der Waals surface area contributed by atoms with Gasteiger partial charge in [0.25, 0.3) is 0 Å². The van der Waals surface area contributed by atoms with E-state index in [9.17, 15) is 8.78 Å². The van der Waals surface area contributed by atoms with Crippen LogP contribution in [0.25, 0.3) is 0 Å². The van der Waals surface area contributed by atoms with Crippen LogP contribution in [0.4, 0.5) is 8.78 Å². The molecule has 0 bridgehead atoms. The first-order valence-corrected chi connectivity index (χ1v) is 5.71. The van der Waals surface area contributed by atoms with Crippen molar-refractivity contribution in [2.75, 3.05) is 6.54 Å². The summed E-state index contributed by atoms with van der Waals surface area (Å²) in [5.74, 6) is 0.446. The van der Waals surface area contributed by atoms with Crippen LogP contribution >= 0.6 is 0 Å². The van der Waals surface area contributed by atoms with Crippen LogP contribution in [-0.2, 0) is 6.54 Å². The molecule has 5 heteroatoms. The van der Waals surface area contributed by atoms with Gasteiger partial charge < -0.3 is 10.1 Å². The summed E-state index contributed by atoms with van der Waals surface area (Å²) >= 11 is 0. The van der Waals surface area contributed by atoms with Gasteiger partial charge in [0.15, 0.2) is 0 Å². The summed E-state index contributed by atoms with van der Waals surface area (Å²) in [5, 5.41) is 12.1. The van der Waals surface area contributed by atoms with Gasteiger partial charge in [0.2, 0.25) is 0 Å². The van der Waals surface area contributed by atoms with Crippen molar-refractivity contribution in [3.8, 4) is 11.8 Å². The van der Waals surface area contributed by atoms with E-state index >= 15 is 0 Å². The molecule has 0 unspecified atom stereocenters. The van der Waals surface area contributed by atoms with Crippen molar-refractivity contribution in [1.82, 2.24) is 5.32 Å². The first kappa shape index (κ1) is 14.4. The molecule has 1 N–H and O–H groups in total. The lowest BCUT2D eigenvalue weighted by atomic mass is 10.1. The van der Waals surface area contributed by atoms with E-state index in [1.54, 1.807) is 12.1 Å². The van der Waals surface area contributed by atoms with Gasteiger partial charge in [0, 0.05) is 6.54 Å². The van der Waals surface area contributed by atoms with E-state index in [1.165, 1.54) is 6.07 Å². The van der Waals surface area contributed by atoms with Gasteiger partial charge in [-0.3, -0.25) is 0 Å². The monoisotopic (exact) mass is 254 g/mol. The number of ether oxygens (including phenoxy) is 1. The third kappa shape index (κ3) is 4.68. The lowest BCUT2D eigenvalue weighted by molar-refractivity contribution is -0.0500. The molecule has 0 radical (unpaired) electrons. The van der Waals surface area contributed by atoms with Crippen LogP contribution < -0.4 is 10.1 Å². The molecule has 0 aromatic heterocycles. The molecule has 18 heavy (non-hydrogen) atoms. The smallest absolute Gasteiger partial charge is 0.387 e. The van der Waals surface area contributed by atoms with Crippen LogP contribution in [0.15, 0.2) is 18.2 Å². The normalized spacial score (nSPS) is 10.7. The number of halogens is 2. The van der Waals surface area contributed by atoms with Crippen molar-refractivity contribution in [3.63, 3.8) is 0 Å². The summed E-state index contributed by atoms with van der Waals surface area (Å²) in [4.78, 5) is 0. The van der Waals surface area contributed by atoms with Crippen molar-refractivity contribution < 1.29 is 13.5 Å². The number of benzene rings is 1. The second kappa shape index (κ2) is 6.92.